The molecule has 0 radical (unpaired) electrons. The van der Waals surface area contributed by atoms with E-state index in [1.165, 1.54) is 16.7 Å². The van der Waals surface area contributed by atoms with Crippen LogP contribution >= 0.6 is 0 Å². The zero-order valence-corrected chi connectivity index (χ0v) is 20.4. The quantitative estimate of drug-likeness (QED) is 0.110. The van der Waals surface area contributed by atoms with Crippen LogP contribution in [0.2, 0.25) is 0 Å². The maximum absolute atomic E-state index is 10.8. The molecule has 3 N–H and O–H groups in total. The van der Waals surface area contributed by atoms with Crippen LogP contribution in [0.4, 0.5) is 5.69 Å². The SMILES string of the molecule is C=CCOC(O)N/C(=N\C/C=C(\C)CC/C=C(\C)CCC=C(C)C)Nc1ccc(C=O)cc1. The average Bonchev–Trinajstić information content (AvgIpc) is 2.77. The summed E-state index contributed by atoms with van der Waals surface area (Å²) >= 11 is 0. The number of nitrogens with zero attached hydrogens (tertiary/aromatic N) is 1. The standard InChI is InChI=1S/C27H39N3O3/c1-6-19-33-27(32)30-26(29-25-15-13-24(20-31)14-16-25)28-18-17-23(5)12-8-11-22(4)10-7-9-21(2)3/h6,9,11,13-17,20,27,32H,1,7-8,10,12,18-19H2,2-5H3,(H2,28,29,30)/b22-11+,23-17+. The molecule has 6 heteroatoms. The number of benzene rings is 1. The number of aliphatic hydroxyl groups is 1. The number of rotatable bonds is 14. The fourth-order valence-electron chi connectivity index (χ4n) is 2.85. The van der Waals surface area contributed by atoms with Gasteiger partial charge in [0.15, 0.2) is 5.96 Å². The first-order valence-corrected chi connectivity index (χ1v) is 11.3. The van der Waals surface area contributed by atoms with Gasteiger partial charge in [-0.1, -0.05) is 41.0 Å². The molecule has 0 saturated carbocycles. The Bertz CT molecular complexity index is 848. The Kier molecular flexibility index (Phi) is 14.2. The summed E-state index contributed by atoms with van der Waals surface area (Å²) in [5.41, 5.74) is 5.36. The van der Waals surface area contributed by atoms with Crippen molar-refractivity contribution in [3.63, 3.8) is 0 Å². The maximum atomic E-state index is 10.8. The summed E-state index contributed by atoms with van der Waals surface area (Å²) in [5.74, 6) is 0.365. The van der Waals surface area contributed by atoms with E-state index >= 15 is 0 Å². The van der Waals surface area contributed by atoms with E-state index in [4.69, 9.17) is 4.74 Å². The number of carbonyl (C=O) groups excluding carboxylic acids is 1. The van der Waals surface area contributed by atoms with E-state index in [1.807, 2.05) is 0 Å². The molecule has 180 valence electrons. The number of nitrogens with one attached hydrogen (secondary N) is 2. The van der Waals surface area contributed by atoms with Crippen LogP contribution in [0.25, 0.3) is 0 Å². The third kappa shape index (κ3) is 13.9. The van der Waals surface area contributed by atoms with Gasteiger partial charge >= 0.3 is 0 Å². The molecule has 0 fully saturated rings. The van der Waals surface area contributed by atoms with Crippen LogP contribution in [0.5, 0.6) is 0 Å². The molecule has 1 aromatic carbocycles. The van der Waals surface area contributed by atoms with Crippen molar-refractivity contribution in [2.75, 3.05) is 18.5 Å². The van der Waals surface area contributed by atoms with Crippen LogP contribution < -0.4 is 10.6 Å². The molecule has 1 rings (SSSR count). The number of aliphatic imine (C=N–C) groups is 1. The number of hydrogen-bond donors (Lipinski definition) is 3. The summed E-state index contributed by atoms with van der Waals surface area (Å²) in [5, 5.41) is 15.9. The number of guanidine groups is 1. The highest BCUT2D eigenvalue weighted by atomic mass is 16.6. The first-order chi connectivity index (χ1) is 15.8. The summed E-state index contributed by atoms with van der Waals surface area (Å²) in [6, 6.07) is 6.95. The Morgan fingerprint density at radius 1 is 1.06 bits per heavy atom. The van der Waals surface area contributed by atoms with Gasteiger partial charge in [-0.2, -0.15) is 0 Å². The highest BCUT2D eigenvalue weighted by Crippen LogP contribution is 2.12. The third-order valence-electron chi connectivity index (χ3n) is 4.75. The second kappa shape index (κ2) is 16.6. The molecule has 6 nitrogen and oxygen atoms in total. The monoisotopic (exact) mass is 453 g/mol. The Morgan fingerprint density at radius 3 is 2.30 bits per heavy atom. The van der Waals surface area contributed by atoms with Gasteiger partial charge in [-0.05, 0) is 77.6 Å². The van der Waals surface area contributed by atoms with Crippen molar-refractivity contribution in [3.8, 4) is 0 Å². The molecule has 0 heterocycles. The summed E-state index contributed by atoms with van der Waals surface area (Å²) < 4.78 is 5.17. The van der Waals surface area contributed by atoms with Gasteiger partial charge in [0.1, 0.15) is 6.29 Å². The molecule has 0 aromatic heterocycles. The Morgan fingerprint density at radius 2 is 1.70 bits per heavy atom. The highest BCUT2D eigenvalue weighted by Gasteiger charge is 2.07. The van der Waals surface area contributed by atoms with Crippen molar-refractivity contribution < 1.29 is 14.6 Å². The zero-order chi connectivity index (χ0) is 24.5. The average molecular weight is 454 g/mol. The summed E-state index contributed by atoms with van der Waals surface area (Å²) in [6.45, 7) is 12.8. The van der Waals surface area contributed by atoms with Crippen molar-refractivity contribution in [1.29, 1.82) is 0 Å². The van der Waals surface area contributed by atoms with E-state index in [2.05, 4.69) is 68.1 Å². The van der Waals surface area contributed by atoms with E-state index < -0.39 is 6.41 Å². The Labute approximate surface area is 198 Å². The molecular weight excluding hydrogens is 414 g/mol. The molecule has 1 aromatic rings. The number of ether oxygens (including phenoxy) is 1. The number of hydrogen-bond acceptors (Lipinski definition) is 4. The maximum Gasteiger partial charge on any atom is 0.237 e. The second-order valence-electron chi connectivity index (χ2n) is 8.13. The normalized spacial score (nSPS) is 13.3. The summed E-state index contributed by atoms with van der Waals surface area (Å²) in [6.07, 6.45) is 11.9. The molecule has 0 aliphatic heterocycles. The van der Waals surface area contributed by atoms with Crippen LogP contribution in [0.15, 0.2) is 76.9 Å². The van der Waals surface area contributed by atoms with Crippen LogP contribution in [-0.2, 0) is 4.74 Å². The van der Waals surface area contributed by atoms with Crippen molar-refractivity contribution >= 4 is 17.9 Å². The lowest BCUT2D eigenvalue weighted by atomic mass is 10.1. The first-order valence-electron chi connectivity index (χ1n) is 11.3. The van der Waals surface area contributed by atoms with E-state index in [1.54, 1.807) is 30.3 Å². The van der Waals surface area contributed by atoms with Crippen LogP contribution in [0.3, 0.4) is 0 Å². The largest absolute Gasteiger partial charge is 0.351 e. The Hall–Kier alpha value is -2.96. The van der Waals surface area contributed by atoms with Crippen molar-refractivity contribution in [3.05, 3.63) is 77.4 Å². The number of anilines is 1. The molecule has 0 amide bonds. The molecular formula is C27H39N3O3. The Balaban J connectivity index is 2.68. The predicted octanol–water partition coefficient (Wildman–Crippen LogP) is 5.75. The van der Waals surface area contributed by atoms with Crippen LogP contribution in [0.1, 0.15) is 63.7 Å². The van der Waals surface area contributed by atoms with E-state index in [-0.39, 0.29) is 6.61 Å². The summed E-state index contributed by atoms with van der Waals surface area (Å²) in [7, 11) is 0. The molecule has 0 aliphatic carbocycles. The highest BCUT2D eigenvalue weighted by molar-refractivity contribution is 5.94. The van der Waals surface area contributed by atoms with Crippen molar-refractivity contribution in [2.24, 2.45) is 4.99 Å². The first kappa shape index (κ1) is 28.1. The van der Waals surface area contributed by atoms with Crippen LogP contribution in [-0.4, -0.2) is 36.9 Å². The van der Waals surface area contributed by atoms with E-state index in [0.29, 0.717) is 18.1 Å². The van der Waals surface area contributed by atoms with E-state index in [0.717, 1.165) is 37.7 Å². The number of aldehydes is 1. The van der Waals surface area contributed by atoms with Gasteiger partial charge in [0.2, 0.25) is 6.41 Å². The minimum atomic E-state index is -1.23. The van der Waals surface area contributed by atoms with Gasteiger partial charge in [-0.15, -0.1) is 6.58 Å². The van der Waals surface area contributed by atoms with Gasteiger partial charge in [0.05, 0.1) is 13.2 Å². The molecule has 0 saturated heterocycles. The fraction of sp³-hybridized carbons (Fsp3) is 0.407. The van der Waals surface area contributed by atoms with Crippen LogP contribution in [0, 0.1) is 0 Å². The van der Waals surface area contributed by atoms with Gasteiger partial charge < -0.3 is 20.5 Å². The predicted molar refractivity (Wildman–Crippen MR) is 138 cm³/mol. The molecule has 1 unspecified atom stereocenters. The second-order valence-corrected chi connectivity index (χ2v) is 8.13. The molecule has 1 atom stereocenters. The number of aliphatic hydroxyl groups excluding tert-OH is 1. The number of allylic oxidation sites excluding steroid dienone is 5. The minimum absolute atomic E-state index is 0.204. The van der Waals surface area contributed by atoms with Gasteiger partial charge in [0, 0.05) is 11.3 Å². The third-order valence-corrected chi connectivity index (χ3v) is 4.75. The zero-order valence-electron chi connectivity index (χ0n) is 20.4. The lowest BCUT2D eigenvalue weighted by Crippen LogP contribution is -2.41. The fourth-order valence-corrected chi connectivity index (χ4v) is 2.85. The van der Waals surface area contributed by atoms with Gasteiger partial charge in [-0.25, -0.2) is 4.99 Å². The number of carbonyl (C=O) groups is 1. The van der Waals surface area contributed by atoms with E-state index in [9.17, 15) is 9.90 Å². The smallest absolute Gasteiger partial charge is 0.237 e. The lowest BCUT2D eigenvalue weighted by Gasteiger charge is -2.17. The van der Waals surface area contributed by atoms with Crippen molar-refractivity contribution in [2.45, 2.75) is 59.8 Å². The van der Waals surface area contributed by atoms with Crippen molar-refractivity contribution in [1.82, 2.24) is 5.32 Å². The lowest BCUT2D eigenvalue weighted by molar-refractivity contribution is -0.0980. The summed E-state index contributed by atoms with van der Waals surface area (Å²) in [4.78, 5) is 15.4. The molecule has 0 aliphatic rings. The minimum Gasteiger partial charge on any atom is -0.351 e. The molecule has 33 heavy (non-hydrogen) atoms. The van der Waals surface area contributed by atoms with Gasteiger partial charge in [0.25, 0.3) is 0 Å². The molecule has 0 bridgehead atoms. The molecule has 0 spiro atoms. The van der Waals surface area contributed by atoms with Gasteiger partial charge in [-0.3, -0.25) is 4.79 Å². The topological polar surface area (TPSA) is 82.9 Å².